The second-order valence-electron chi connectivity index (χ2n) is 9.36. The van der Waals surface area contributed by atoms with Crippen molar-refractivity contribution < 1.29 is 23.9 Å². The van der Waals surface area contributed by atoms with Crippen molar-refractivity contribution in [3.05, 3.63) is 87.2 Å². The van der Waals surface area contributed by atoms with Crippen LogP contribution in [0.2, 0.25) is 5.02 Å². The second kappa shape index (κ2) is 10.7. The molecule has 1 aliphatic carbocycles. The molecule has 0 saturated heterocycles. The zero-order chi connectivity index (χ0) is 26.0. The molecule has 0 bridgehead atoms. The van der Waals surface area contributed by atoms with Crippen LogP contribution in [-0.4, -0.2) is 23.8 Å². The lowest BCUT2D eigenvalue weighted by molar-refractivity contribution is -0.144. The van der Waals surface area contributed by atoms with Crippen molar-refractivity contribution in [3.63, 3.8) is 0 Å². The van der Waals surface area contributed by atoms with E-state index in [4.69, 9.17) is 21.1 Å². The summed E-state index contributed by atoms with van der Waals surface area (Å²) in [5.41, 5.74) is 4.30. The standard InChI is InChI=1S/C29H30ClNO5/c1-5-16(2)35-29(34)26-17(3)31-24-14-21(19-6-10-22(30)11-7-19)15-25(33)28(24)27(26)20-8-12-23(13-9-20)36-18(4)32/h6-13,16,21,27,31H,5,14-15H2,1-4H3. The number of Topliss-reactive ketones (excluding diaryl/α,β-unsaturated/α-hetero) is 1. The minimum absolute atomic E-state index is 0.00873. The lowest BCUT2D eigenvalue weighted by Gasteiger charge is -2.37. The molecule has 7 heteroatoms. The molecular weight excluding hydrogens is 478 g/mol. The van der Waals surface area contributed by atoms with Crippen molar-refractivity contribution in [1.82, 2.24) is 5.32 Å². The summed E-state index contributed by atoms with van der Waals surface area (Å²) in [7, 11) is 0. The van der Waals surface area contributed by atoms with Crippen molar-refractivity contribution in [2.45, 2.75) is 64.9 Å². The number of hydrogen-bond acceptors (Lipinski definition) is 6. The van der Waals surface area contributed by atoms with Gasteiger partial charge >= 0.3 is 11.9 Å². The number of ether oxygens (including phenoxy) is 2. The third kappa shape index (κ3) is 5.39. The number of nitrogens with one attached hydrogen (secondary N) is 1. The Kier molecular flexibility index (Phi) is 7.65. The SMILES string of the molecule is CCC(C)OC(=O)C1=C(C)NC2=C(C(=O)CC(c3ccc(Cl)cc3)C2)C1c1ccc(OC(C)=O)cc1. The number of allylic oxidation sites excluding steroid dienone is 3. The summed E-state index contributed by atoms with van der Waals surface area (Å²) in [6, 6.07) is 14.5. The summed E-state index contributed by atoms with van der Waals surface area (Å²) in [5.74, 6) is -1.05. The first-order valence-corrected chi connectivity index (χ1v) is 12.5. The van der Waals surface area contributed by atoms with Crippen LogP contribution in [0.3, 0.4) is 0 Å². The third-order valence-electron chi connectivity index (χ3n) is 6.75. The van der Waals surface area contributed by atoms with E-state index in [1.807, 2.05) is 45.0 Å². The number of carbonyl (C=O) groups is 3. The summed E-state index contributed by atoms with van der Waals surface area (Å²) in [6.07, 6.45) is 1.40. The number of dihydropyridines is 1. The van der Waals surface area contributed by atoms with Crippen LogP contribution in [-0.2, 0) is 19.1 Å². The fourth-order valence-electron chi connectivity index (χ4n) is 4.84. The van der Waals surface area contributed by atoms with Crippen LogP contribution in [0.5, 0.6) is 5.75 Å². The predicted molar refractivity (Wildman–Crippen MR) is 138 cm³/mol. The molecule has 0 saturated carbocycles. The van der Waals surface area contributed by atoms with Gasteiger partial charge in [-0.3, -0.25) is 9.59 Å². The number of esters is 2. The van der Waals surface area contributed by atoms with E-state index in [0.717, 1.165) is 16.8 Å². The van der Waals surface area contributed by atoms with Crippen LogP contribution in [0.15, 0.2) is 71.1 Å². The van der Waals surface area contributed by atoms with Crippen molar-refractivity contribution in [2.75, 3.05) is 0 Å². The minimum atomic E-state index is -0.581. The fraction of sp³-hybridized carbons (Fsp3) is 0.345. The Morgan fingerprint density at radius 1 is 1.06 bits per heavy atom. The number of carbonyl (C=O) groups excluding carboxylic acids is 3. The minimum Gasteiger partial charge on any atom is -0.459 e. The quantitative estimate of drug-likeness (QED) is 0.383. The fourth-order valence-corrected chi connectivity index (χ4v) is 4.96. The Labute approximate surface area is 216 Å². The highest BCUT2D eigenvalue weighted by molar-refractivity contribution is 6.30. The number of rotatable bonds is 6. The Bertz CT molecular complexity index is 1240. The Morgan fingerprint density at radius 3 is 2.31 bits per heavy atom. The Balaban J connectivity index is 1.76. The molecule has 0 radical (unpaired) electrons. The first-order chi connectivity index (χ1) is 17.2. The Morgan fingerprint density at radius 2 is 1.69 bits per heavy atom. The molecule has 0 amide bonds. The van der Waals surface area contributed by atoms with Gasteiger partial charge in [-0.05, 0) is 68.0 Å². The van der Waals surface area contributed by atoms with Gasteiger partial charge in [0.15, 0.2) is 5.78 Å². The first-order valence-electron chi connectivity index (χ1n) is 12.2. The topological polar surface area (TPSA) is 81.7 Å². The van der Waals surface area contributed by atoms with Crippen LogP contribution in [0.4, 0.5) is 0 Å². The zero-order valence-corrected chi connectivity index (χ0v) is 21.6. The van der Waals surface area contributed by atoms with Crippen LogP contribution in [0.25, 0.3) is 0 Å². The molecule has 3 unspecified atom stereocenters. The van der Waals surface area contributed by atoms with E-state index < -0.39 is 17.9 Å². The molecule has 3 atom stereocenters. The lowest BCUT2D eigenvalue weighted by atomic mass is 9.71. The summed E-state index contributed by atoms with van der Waals surface area (Å²) < 4.78 is 10.9. The monoisotopic (exact) mass is 507 g/mol. The smallest absolute Gasteiger partial charge is 0.337 e. The van der Waals surface area contributed by atoms with Crippen LogP contribution >= 0.6 is 11.6 Å². The van der Waals surface area contributed by atoms with Crippen molar-refractivity contribution in [3.8, 4) is 5.75 Å². The summed E-state index contributed by atoms with van der Waals surface area (Å²) in [4.78, 5) is 38.4. The second-order valence-corrected chi connectivity index (χ2v) is 9.79. The van der Waals surface area contributed by atoms with Crippen LogP contribution in [0.1, 0.15) is 69.9 Å². The number of benzene rings is 2. The molecule has 0 spiro atoms. The predicted octanol–water partition coefficient (Wildman–Crippen LogP) is 5.97. The summed E-state index contributed by atoms with van der Waals surface area (Å²) >= 11 is 6.06. The van der Waals surface area contributed by atoms with Gasteiger partial charge in [0.05, 0.1) is 11.7 Å². The maximum Gasteiger partial charge on any atom is 0.337 e. The molecule has 1 N–H and O–H groups in total. The largest absolute Gasteiger partial charge is 0.459 e. The summed E-state index contributed by atoms with van der Waals surface area (Å²) in [5, 5.41) is 4.01. The molecule has 2 aromatic rings. The van der Waals surface area contributed by atoms with Gasteiger partial charge < -0.3 is 14.8 Å². The number of halogens is 1. The molecule has 36 heavy (non-hydrogen) atoms. The van der Waals surface area contributed by atoms with Gasteiger partial charge in [-0.15, -0.1) is 0 Å². The highest BCUT2D eigenvalue weighted by atomic mass is 35.5. The molecule has 188 valence electrons. The van der Waals surface area contributed by atoms with E-state index >= 15 is 0 Å². The number of hydrogen-bond donors (Lipinski definition) is 1. The maximum absolute atomic E-state index is 13.7. The number of ketones is 1. The van der Waals surface area contributed by atoms with E-state index in [1.54, 1.807) is 24.3 Å². The average molecular weight is 508 g/mol. The van der Waals surface area contributed by atoms with Gasteiger partial charge in [0, 0.05) is 41.3 Å². The van der Waals surface area contributed by atoms with Crippen molar-refractivity contribution in [2.24, 2.45) is 0 Å². The van der Waals surface area contributed by atoms with Crippen LogP contribution < -0.4 is 10.1 Å². The van der Waals surface area contributed by atoms with E-state index in [0.29, 0.717) is 46.9 Å². The Hall–Kier alpha value is -3.38. The van der Waals surface area contributed by atoms with E-state index in [2.05, 4.69) is 5.32 Å². The average Bonchev–Trinajstić information content (AvgIpc) is 2.83. The molecule has 0 fully saturated rings. The molecular formula is C29H30ClNO5. The molecule has 1 heterocycles. The van der Waals surface area contributed by atoms with E-state index in [1.165, 1.54) is 6.92 Å². The lowest BCUT2D eigenvalue weighted by Crippen LogP contribution is -2.36. The van der Waals surface area contributed by atoms with Crippen molar-refractivity contribution >= 4 is 29.3 Å². The van der Waals surface area contributed by atoms with Gasteiger partial charge in [-0.2, -0.15) is 0 Å². The molecule has 6 nitrogen and oxygen atoms in total. The maximum atomic E-state index is 13.7. The van der Waals surface area contributed by atoms with Gasteiger partial charge in [0.1, 0.15) is 5.75 Å². The zero-order valence-electron chi connectivity index (χ0n) is 20.9. The summed E-state index contributed by atoms with van der Waals surface area (Å²) in [6.45, 7) is 6.98. The van der Waals surface area contributed by atoms with Gasteiger partial charge in [-0.1, -0.05) is 42.8 Å². The van der Waals surface area contributed by atoms with Crippen LogP contribution in [0, 0.1) is 0 Å². The first kappa shape index (κ1) is 25.7. The molecule has 2 aliphatic rings. The third-order valence-corrected chi connectivity index (χ3v) is 7.00. The molecule has 2 aromatic carbocycles. The van der Waals surface area contributed by atoms with E-state index in [-0.39, 0.29) is 17.8 Å². The molecule has 1 aliphatic heterocycles. The van der Waals surface area contributed by atoms with Gasteiger partial charge in [0.2, 0.25) is 0 Å². The van der Waals surface area contributed by atoms with Gasteiger partial charge in [-0.25, -0.2) is 4.79 Å². The molecule has 0 aromatic heterocycles. The van der Waals surface area contributed by atoms with E-state index in [9.17, 15) is 14.4 Å². The molecule has 4 rings (SSSR count). The van der Waals surface area contributed by atoms with Gasteiger partial charge in [0.25, 0.3) is 0 Å². The normalized spacial score (nSPS) is 20.4. The van der Waals surface area contributed by atoms with Crippen molar-refractivity contribution in [1.29, 1.82) is 0 Å². The highest BCUT2D eigenvalue weighted by Gasteiger charge is 2.41. The highest BCUT2D eigenvalue weighted by Crippen LogP contribution is 2.46.